The summed E-state index contributed by atoms with van der Waals surface area (Å²) in [6, 6.07) is 3.79. The number of carboxylic acids is 1. The summed E-state index contributed by atoms with van der Waals surface area (Å²) in [5.74, 6) is -1.03. The Hall–Kier alpha value is -0.650. The molecule has 0 spiro atoms. The van der Waals surface area contributed by atoms with Crippen LogP contribution in [0, 0.1) is 0 Å². The van der Waals surface area contributed by atoms with Gasteiger partial charge in [-0.25, -0.2) is 4.79 Å². The Morgan fingerprint density at radius 1 is 1.56 bits per heavy atom. The minimum atomic E-state index is -3.36. The Morgan fingerprint density at radius 2 is 2.19 bits per heavy atom. The second kappa shape index (κ2) is 5.12. The fourth-order valence-electron chi connectivity index (χ4n) is 0.869. The van der Waals surface area contributed by atoms with E-state index in [4.69, 9.17) is 21.2 Å². The number of aromatic carboxylic acids is 1. The first-order chi connectivity index (χ1) is 7.35. The van der Waals surface area contributed by atoms with Crippen LogP contribution in [0.5, 0.6) is 5.75 Å². The number of benzene rings is 1. The third-order valence-corrected chi connectivity index (χ3v) is 3.48. The first-order valence-corrected chi connectivity index (χ1v) is 6.93. The van der Waals surface area contributed by atoms with E-state index >= 15 is 0 Å². The Balaban J connectivity index is 3.00. The number of rotatable bonds is 4. The molecular weight excluding hydrogens is 275 g/mol. The lowest BCUT2D eigenvalue weighted by molar-refractivity contribution is 0.0697. The second-order valence-corrected chi connectivity index (χ2v) is 5.97. The minimum Gasteiger partial charge on any atom is -0.478 e. The minimum absolute atomic E-state index is 0.0148. The van der Waals surface area contributed by atoms with Gasteiger partial charge >= 0.3 is 12.7 Å². The van der Waals surface area contributed by atoms with Crippen LogP contribution >= 0.6 is 18.3 Å². The molecule has 1 atom stereocenters. The average molecular weight is 283 g/mol. The molecule has 0 saturated heterocycles. The average Bonchev–Trinajstić information content (AvgIpc) is 2.20. The summed E-state index contributed by atoms with van der Waals surface area (Å²) in [5.41, 5.74) is 0.0148. The van der Waals surface area contributed by atoms with Gasteiger partial charge in [0.2, 0.25) is 0 Å². The lowest BCUT2D eigenvalue weighted by Gasteiger charge is -2.15. The van der Waals surface area contributed by atoms with Crippen molar-refractivity contribution in [1.29, 1.82) is 0 Å². The van der Waals surface area contributed by atoms with Gasteiger partial charge in [-0.1, -0.05) is 11.6 Å². The maximum absolute atomic E-state index is 10.6. The molecule has 1 aromatic carbocycles. The van der Waals surface area contributed by atoms with E-state index in [0.717, 1.165) is 0 Å². The highest BCUT2D eigenvalue weighted by Gasteiger charge is 2.17. The molecule has 0 aliphatic carbocycles. The molecule has 0 amide bonds. The van der Waals surface area contributed by atoms with Crippen LogP contribution in [-0.2, 0) is 16.3 Å². The number of carbonyl (C=O) groups is 1. The zero-order valence-electron chi connectivity index (χ0n) is 8.08. The molecule has 16 heavy (non-hydrogen) atoms. The first-order valence-electron chi connectivity index (χ1n) is 3.96. The molecule has 0 aliphatic heterocycles. The quantitative estimate of drug-likeness (QED) is 0.825. The van der Waals surface area contributed by atoms with Gasteiger partial charge in [0, 0.05) is 18.9 Å². The van der Waals surface area contributed by atoms with Crippen LogP contribution in [0.3, 0.4) is 0 Å². The summed E-state index contributed by atoms with van der Waals surface area (Å²) in [7, 11) is 1.21. The van der Waals surface area contributed by atoms with Crippen LogP contribution in [0.15, 0.2) is 18.2 Å². The van der Waals surface area contributed by atoms with E-state index in [1.165, 1.54) is 25.3 Å². The van der Waals surface area contributed by atoms with Gasteiger partial charge in [0.25, 0.3) is 0 Å². The van der Waals surface area contributed by atoms with Gasteiger partial charge < -0.3 is 19.0 Å². The molecule has 0 aromatic heterocycles. The maximum atomic E-state index is 10.6. The molecule has 1 unspecified atom stereocenters. The Kier molecular flexibility index (Phi) is 4.29. The summed E-state index contributed by atoms with van der Waals surface area (Å²) in [6.07, 6.45) is 0. The molecule has 0 heterocycles. The largest absolute Gasteiger partial charge is 0.478 e. The summed E-state index contributed by atoms with van der Waals surface area (Å²) < 4.78 is 9.51. The zero-order chi connectivity index (χ0) is 12.3. The number of carboxylic acid groups (broad SMARTS) is 1. The van der Waals surface area contributed by atoms with Gasteiger partial charge in [-0.2, -0.15) is 0 Å². The first kappa shape index (κ1) is 13.4. The van der Waals surface area contributed by atoms with Crippen molar-refractivity contribution in [2.75, 3.05) is 7.11 Å². The van der Waals surface area contributed by atoms with Gasteiger partial charge in [-0.05, 0) is 18.2 Å². The van der Waals surface area contributed by atoms with E-state index in [0.29, 0.717) is 0 Å². The lowest BCUT2D eigenvalue weighted by Crippen LogP contribution is -1.98. The van der Waals surface area contributed by atoms with Gasteiger partial charge in [-0.15, -0.1) is 0 Å². The van der Waals surface area contributed by atoms with Gasteiger partial charge in [0.15, 0.2) is 0 Å². The van der Waals surface area contributed by atoms with Crippen molar-refractivity contribution < 1.29 is 23.8 Å². The van der Waals surface area contributed by atoms with Crippen LogP contribution in [0.25, 0.3) is 0 Å². The predicted molar refractivity (Wildman–Crippen MR) is 62.6 cm³/mol. The van der Waals surface area contributed by atoms with Crippen molar-refractivity contribution in [2.45, 2.75) is 0 Å². The van der Waals surface area contributed by atoms with Crippen LogP contribution in [0.1, 0.15) is 10.4 Å². The third-order valence-electron chi connectivity index (χ3n) is 1.62. The van der Waals surface area contributed by atoms with Crippen molar-refractivity contribution in [2.24, 2.45) is 0 Å². The smallest absolute Gasteiger partial charge is 0.377 e. The maximum Gasteiger partial charge on any atom is 0.377 e. The van der Waals surface area contributed by atoms with E-state index in [2.05, 4.69) is 16.3 Å². The van der Waals surface area contributed by atoms with E-state index < -0.39 is 12.7 Å². The zero-order valence-corrected chi connectivity index (χ0v) is 10.6. The molecule has 0 radical (unpaired) electrons. The second-order valence-electron chi connectivity index (χ2n) is 2.69. The number of hydrogen-bond acceptors (Lipinski definition) is 4. The summed E-state index contributed by atoms with van der Waals surface area (Å²) in [5, 5.41) is 8.73. The molecular formula is C8H8ClO5PS. The molecule has 0 fully saturated rings. The normalized spacial score (nSPS) is 14.2. The van der Waals surface area contributed by atoms with Crippen molar-refractivity contribution in [1.82, 2.24) is 0 Å². The van der Waals surface area contributed by atoms with Crippen LogP contribution in [0.2, 0.25) is 5.02 Å². The van der Waals surface area contributed by atoms with E-state index in [-0.39, 0.29) is 16.3 Å². The highest BCUT2D eigenvalue weighted by molar-refractivity contribution is 8.07. The van der Waals surface area contributed by atoms with Gasteiger partial charge in [-0.3, -0.25) is 0 Å². The van der Waals surface area contributed by atoms with Crippen LogP contribution in [-0.4, -0.2) is 23.1 Å². The monoisotopic (exact) mass is 282 g/mol. The summed E-state index contributed by atoms with van der Waals surface area (Å²) in [6.45, 7) is -3.36. The van der Waals surface area contributed by atoms with Gasteiger partial charge in [0.05, 0.1) is 10.6 Å². The molecule has 1 aromatic rings. The molecule has 2 N–H and O–H groups in total. The molecule has 0 saturated carbocycles. The fourth-order valence-corrected chi connectivity index (χ4v) is 1.87. The van der Waals surface area contributed by atoms with Crippen molar-refractivity contribution in [3.05, 3.63) is 28.8 Å². The summed E-state index contributed by atoms with van der Waals surface area (Å²) >= 11 is 10.4. The Bertz CT molecular complexity index is 464. The fraction of sp³-hybridized carbons (Fsp3) is 0.125. The van der Waals surface area contributed by atoms with Crippen molar-refractivity contribution >= 4 is 36.1 Å². The third kappa shape index (κ3) is 3.43. The molecule has 0 aliphatic rings. The highest BCUT2D eigenvalue weighted by Crippen LogP contribution is 2.45. The SMILES string of the molecule is COP(O)(=S)Oc1ccc(C(=O)O)cc1Cl. The highest BCUT2D eigenvalue weighted by atomic mass is 35.5. The molecule has 8 heteroatoms. The summed E-state index contributed by atoms with van der Waals surface area (Å²) in [4.78, 5) is 20.0. The molecule has 5 nitrogen and oxygen atoms in total. The van der Waals surface area contributed by atoms with Crippen molar-refractivity contribution in [3.8, 4) is 5.75 Å². The molecule has 88 valence electrons. The van der Waals surface area contributed by atoms with Gasteiger partial charge in [0.1, 0.15) is 5.75 Å². The van der Waals surface area contributed by atoms with E-state index in [1.54, 1.807) is 0 Å². The number of hydrogen-bond donors (Lipinski definition) is 2. The van der Waals surface area contributed by atoms with Crippen molar-refractivity contribution in [3.63, 3.8) is 0 Å². The van der Waals surface area contributed by atoms with Crippen LogP contribution < -0.4 is 4.52 Å². The molecule has 1 rings (SSSR count). The van der Waals surface area contributed by atoms with Crippen LogP contribution in [0.4, 0.5) is 0 Å². The lowest BCUT2D eigenvalue weighted by atomic mass is 10.2. The standard InChI is InChI=1S/C8H8ClO5PS/c1-13-15(12,16)14-7-3-2-5(8(10)11)4-6(7)9/h2-4H,1H3,(H,10,11)(H,12,16). The van der Waals surface area contributed by atoms with E-state index in [9.17, 15) is 9.69 Å². The Morgan fingerprint density at radius 3 is 2.62 bits per heavy atom. The predicted octanol–water partition coefficient (Wildman–Crippen LogP) is 2.28. The molecule has 0 bridgehead atoms. The Labute approximate surface area is 102 Å². The topological polar surface area (TPSA) is 76.0 Å². The number of halogens is 1. The van der Waals surface area contributed by atoms with E-state index in [1.807, 2.05) is 0 Å².